The Labute approximate surface area is 257 Å². The molecule has 0 N–H and O–H groups in total. The van der Waals surface area contributed by atoms with E-state index in [4.69, 9.17) is 4.42 Å². The summed E-state index contributed by atoms with van der Waals surface area (Å²) in [4.78, 5) is 2.32. The molecule has 41 heavy (non-hydrogen) atoms. The summed E-state index contributed by atoms with van der Waals surface area (Å²) in [6, 6.07) is 37.4. The zero-order valence-corrected chi connectivity index (χ0v) is 25.8. The molecule has 3 aliphatic rings. The lowest BCUT2D eigenvalue weighted by Gasteiger charge is -2.28. The average molecular weight is 663 g/mol. The standard InChI is InChI=1S/C37H29Br2NO/c38-27-11-15-29(16-12-27)40(30-17-13-28(39)14-18-30)35-22-26(21-34-32-6-1-2-7-36(32)41-37(34)35)25-10-19-31-23-4-3-5-24(9-8-23)33(31)20-25/h1-2,6-7,10-24H,3-5,8-9H2. The summed E-state index contributed by atoms with van der Waals surface area (Å²) in [5, 5.41) is 2.29. The van der Waals surface area contributed by atoms with Crippen molar-refractivity contribution in [3.05, 3.63) is 123 Å². The third-order valence-corrected chi connectivity index (χ3v) is 10.2. The van der Waals surface area contributed by atoms with Crippen molar-refractivity contribution in [1.29, 1.82) is 0 Å². The van der Waals surface area contributed by atoms with E-state index in [0.717, 1.165) is 53.9 Å². The maximum Gasteiger partial charge on any atom is 0.159 e. The lowest BCUT2D eigenvalue weighted by Crippen LogP contribution is -2.11. The molecule has 2 bridgehead atoms. The van der Waals surface area contributed by atoms with Crippen molar-refractivity contribution in [2.75, 3.05) is 4.90 Å². The van der Waals surface area contributed by atoms with Crippen LogP contribution >= 0.6 is 31.9 Å². The summed E-state index contributed by atoms with van der Waals surface area (Å²) in [6.07, 6.45) is 6.70. The average Bonchev–Trinajstić information content (AvgIpc) is 3.12. The fourth-order valence-corrected chi connectivity index (χ4v) is 7.68. The molecule has 202 valence electrons. The second-order valence-electron chi connectivity index (χ2n) is 11.5. The van der Waals surface area contributed by atoms with Crippen LogP contribution in [0.15, 0.2) is 116 Å². The molecule has 1 fully saturated rings. The summed E-state index contributed by atoms with van der Waals surface area (Å²) >= 11 is 7.26. The number of fused-ring (bicyclic) bond motifs is 6. The maximum atomic E-state index is 6.63. The van der Waals surface area contributed by atoms with Gasteiger partial charge in [-0.05, 0) is 127 Å². The van der Waals surface area contributed by atoms with Crippen LogP contribution in [0.2, 0.25) is 0 Å². The SMILES string of the molecule is Brc1ccc(N(c2ccc(Br)cc2)c2cc(-c3ccc4c(c3)C3CCCC4CC3)cc3c2oc2ccccc23)cc1. The molecular formula is C37H29Br2NO. The number of halogens is 2. The van der Waals surface area contributed by atoms with E-state index >= 15 is 0 Å². The first-order chi connectivity index (χ1) is 20.1. The van der Waals surface area contributed by atoms with Crippen LogP contribution in [-0.4, -0.2) is 0 Å². The molecule has 9 rings (SSSR count). The third-order valence-electron chi connectivity index (χ3n) is 9.14. The van der Waals surface area contributed by atoms with Crippen LogP contribution in [0.25, 0.3) is 33.1 Å². The number of nitrogens with zero attached hydrogens (tertiary/aromatic N) is 1. The fraction of sp³-hybridized carbons (Fsp3) is 0.189. The summed E-state index contributed by atoms with van der Waals surface area (Å²) in [7, 11) is 0. The number of hydrogen-bond acceptors (Lipinski definition) is 2. The van der Waals surface area contributed by atoms with Gasteiger partial charge in [-0.1, -0.05) is 74.7 Å². The van der Waals surface area contributed by atoms with Crippen molar-refractivity contribution < 1.29 is 4.42 Å². The van der Waals surface area contributed by atoms with E-state index in [1.807, 2.05) is 6.07 Å². The number of hydrogen-bond donors (Lipinski definition) is 0. The molecule has 1 saturated carbocycles. The number of para-hydroxylation sites is 1. The monoisotopic (exact) mass is 661 g/mol. The zero-order chi connectivity index (χ0) is 27.5. The normalized spacial score (nSPS) is 18.0. The number of furan rings is 1. The predicted molar refractivity (Wildman–Crippen MR) is 178 cm³/mol. The first-order valence-corrected chi connectivity index (χ1v) is 16.1. The van der Waals surface area contributed by atoms with Crippen molar-refractivity contribution in [2.45, 2.75) is 43.9 Å². The first-order valence-electron chi connectivity index (χ1n) is 14.5. The van der Waals surface area contributed by atoms with Gasteiger partial charge in [-0.25, -0.2) is 0 Å². The molecule has 4 heteroatoms. The third kappa shape index (κ3) is 4.43. The van der Waals surface area contributed by atoms with Crippen LogP contribution in [0.3, 0.4) is 0 Å². The first kappa shape index (κ1) is 25.4. The molecule has 0 aliphatic heterocycles. The lowest BCUT2D eigenvalue weighted by atomic mass is 9.77. The van der Waals surface area contributed by atoms with E-state index in [2.05, 4.69) is 134 Å². The Balaban J connectivity index is 1.39. The van der Waals surface area contributed by atoms with Crippen molar-refractivity contribution >= 4 is 70.9 Å². The van der Waals surface area contributed by atoms with Gasteiger partial charge < -0.3 is 9.32 Å². The van der Waals surface area contributed by atoms with E-state index in [-0.39, 0.29) is 0 Å². The Kier molecular flexibility index (Phi) is 6.30. The highest BCUT2D eigenvalue weighted by molar-refractivity contribution is 9.10. The highest BCUT2D eigenvalue weighted by Crippen LogP contribution is 2.49. The van der Waals surface area contributed by atoms with E-state index < -0.39 is 0 Å². The maximum absolute atomic E-state index is 6.63. The highest BCUT2D eigenvalue weighted by atomic mass is 79.9. The molecule has 2 nitrogen and oxygen atoms in total. The van der Waals surface area contributed by atoms with Gasteiger partial charge in [0.25, 0.3) is 0 Å². The predicted octanol–water partition coefficient (Wildman–Crippen LogP) is 12.4. The number of benzene rings is 5. The molecule has 0 radical (unpaired) electrons. The molecule has 0 amide bonds. The lowest BCUT2D eigenvalue weighted by molar-refractivity contribution is 0.527. The van der Waals surface area contributed by atoms with Gasteiger partial charge in [-0.15, -0.1) is 0 Å². The van der Waals surface area contributed by atoms with E-state index in [9.17, 15) is 0 Å². The topological polar surface area (TPSA) is 16.4 Å². The van der Waals surface area contributed by atoms with Gasteiger partial charge in [0.2, 0.25) is 0 Å². The van der Waals surface area contributed by atoms with Crippen LogP contribution in [0.4, 0.5) is 17.1 Å². The second-order valence-corrected chi connectivity index (χ2v) is 13.3. The number of rotatable bonds is 4. The minimum atomic E-state index is 0.698. The molecule has 0 saturated heterocycles. The minimum Gasteiger partial charge on any atom is -0.454 e. The fourth-order valence-electron chi connectivity index (χ4n) is 7.15. The van der Waals surface area contributed by atoms with Gasteiger partial charge in [0.15, 0.2) is 5.58 Å². The van der Waals surface area contributed by atoms with Crippen molar-refractivity contribution in [3.8, 4) is 11.1 Å². The number of anilines is 3. The molecule has 6 aromatic rings. The van der Waals surface area contributed by atoms with Crippen LogP contribution < -0.4 is 4.90 Å². The Hall–Kier alpha value is -3.34. The zero-order valence-electron chi connectivity index (χ0n) is 22.6. The van der Waals surface area contributed by atoms with Gasteiger partial charge in [0, 0.05) is 31.1 Å². The van der Waals surface area contributed by atoms with E-state index in [1.54, 1.807) is 11.1 Å². The Morgan fingerprint density at radius 3 is 1.95 bits per heavy atom. The van der Waals surface area contributed by atoms with Crippen LogP contribution in [0, 0.1) is 0 Å². The minimum absolute atomic E-state index is 0.698. The second kappa shape index (κ2) is 10.2. The van der Waals surface area contributed by atoms with Crippen LogP contribution in [-0.2, 0) is 0 Å². The quantitative estimate of drug-likeness (QED) is 0.187. The van der Waals surface area contributed by atoms with Crippen molar-refractivity contribution in [1.82, 2.24) is 0 Å². The van der Waals surface area contributed by atoms with Gasteiger partial charge >= 0.3 is 0 Å². The summed E-state index contributed by atoms with van der Waals surface area (Å²) in [5.41, 5.74) is 10.7. The van der Waals surface area contributed by atoms with Gasteiger partial charge in [-0.2, -0.15) is 0 Å². The molecule has 1 aromatic heterocycles. The summed E-state index contributed by atoms with van der Waals surface area (Å²) in [5.74, 6) is 1.43. The molecule has 0 spiro atoms. The highest BCUT2D eigenvalue weighted by Gasteiger charge is 2.31. The molecule has 5 aromatic carbocycles. The largest absolute Gasteiger partial charge is 0.454 e. The molecule has 2 atom stereocenters. The van der Waals surface area contributed by atoms with Gasteiger partial charge in [0.1, 0.15) is 5.58 Å². The molecular weight excluding hydrogens is 634 g/mol. The van der Waals surface area contributed by atoms with Crippen molar-refractivity contribution in [3.63, 3.8) is 0 Å². The van der Waals surface area contributed by atoms with Crippen LogP contribution in [0.1, 0.15) is 55.1 Å². The molecule has 1 heterocycles. The van der Waals surface area contributed by atoms with Crippen molar-refractivity contribution in [2.24, 2.45) is 0 Å². The Bertz CT molecular complexity index is 1860. The molecule has 3 aliphatic carbocycles. The summed E-state index contributed by atoms with van der Waals surface area (Å²) in [6.45, 7) is 0. The van der Waals surface area contributed by atoms with E-state index in [1.165, 1.54) is 43.2 Å². The van der Waals surface area contributed by atoms with E-state index in [0.29, 0.717) is 5.92 Å². The van der Waals surface area contributed by atoms with Crippen LogP contribution in [0.5, 0.6) is 0 Å². The van der Waals surface area contributed by atoms with Gasteiger partial charge in [-0.3, -0.25) is 0 Å². The summed E-state index contributed by atoms with van der Waals surface area (Å²) < 4.78 is 8.74. The smallest absolute Gasteiger partial charge is 0.159 e. The Morgan fingerprint density at radius 1 is 0.585 bits per heavy atom. The Morgan fingerprint density at radius 2 is 1.24 bits per heavy atom. The molecule has 2 unspecified atom stereocenters. The van der Waals surface area contributed by atoms with Gasteiger partial charge in [0.05, 0.1) is 5.69 Å².